The van der Waals surface area contributed by atoms with Crippen LogP contribution in [0.4, 0.5) is 5.13 Å². The molecule has 0 bridgehead atoms. The Morgan fingerprint density at radius 3 is 2.59 bits per heavy atom. The third-order valence-corrected chi connectivity index (χ3v) is 3.18. The van der Waals surface area contributed by atoms with E-state index in [2.05, 4.69) is 14.7 Å². The Kier molecular flexibility index (Phi) is 4.86. The number of amides is 1. The van der Waals surface area contributed by atoms with E-state index in [4.69, 9.17) is 0 Å². The average Bonchev–Trinajstić information content (AvgIpc) is 2.75. The highest BCUT2D eigenvalue weighted by molar-refractivity contribution is 7.09. The monoisotopic (exact) mass is 256 g/mol. The first-order valence-corrected chi connectivity index (χ1v) is 6.58. The molecule has 0 saturated heterocycles. The van der Waals surface area contributed by atoms with Gasteiger partial charge in [0.15, 0.2) is 0 Å². The zero-order chi connectivity index (χ0) is 13.0. The molecule has 0 fully saturated rings. The Bertz CT molecular complexity index is 377. The van der Waals surface area contributed by atoms with Crippen LogP contribution in [-0.2, 0) is 4.79 Å². The summed E-state index contributed by atoms with van der Waals surface area (Å²) in [4.78, 5) is 17.9. The molecule has 0 aliphatic heterocycles. The largest absolute Gasteiger partial charge is 0.349 e. The molecule has 6 heteroatoms. The fourth-order valence-electron chi connectivity index (χ4n) is 1.26. The van der Waals surface area contributed by atoms with Crippen LogP contribution in [0.3, 0.4) is 0 Å². The fraction of sp³-hybridized carbons (Fsp3) is 0.727. The molecule has 0 spiro atoms. The van der Waals surface area contributed by atoms with Crippen molar-refractivity contribution in [2.45, 2.75) is 39.7 Å². The molecule has 1 aromatic heterocycles. The summed E-state index contributed by atoms with van der Waals surface area (Å²) in [5.74, 6) is 1.20. The predicted molar refractivity (Wildman–Crippen MR) is 70.4 cm³/mol. The number of aromatic nitrogens is 2. The zero-order valence-corrected chi connectivity index (χ0v) is 11.8. The lowest BCUT2D eigenvalue weighted by Crippen LogP contribution is -2.38. The van der Waals surface area contributed by atoms with Crippen LogP contribution in [0, 0.1) is 0 Å². The summed E-state index contributed by atoms with van der Waals surface area (Å²) in [5.41, 5.74) is 0. The van der Waals surface area contributed by atoms with Crippen LogP contribution < -0.4 is 5.32 Å². The van der Waals surface area contributed by atoms with Crippen molar-refractivity contribution in [3.05, 3.63) is 5.82 Å². The molecule has 0 aliphatic carbocycles. The van der Waals surface area contributed by atoms with Crippen LogP contribution >= 0.6 is 11.5 Å². The molecule has 1 rings (SSSR count). The lowest BCUT2D eigenvalue weighted by atomic mass is 10.2. The number of hydrogen-bond donors (Lipinski definition) is 1. The maximum absolute atomic E-state index is 11.8. The summed E-state index contributed by atoms with van der Waals surface area (Å²) >= 11 is 1.30. The molecule has 1 unspecified atom stereocenters. The van der Waals surface area contributed by atoms with Crippen molar-refractivity contribution in [1.82, 2.24) is 14.3 Å². The first-order valence-electron chi connectivity index (χ1n) is 5.80. The Balaban J connectivity index is 2.61. The molecule has 1 aromatic rings. The van der Waals surface area contributed by atoms with Gasteiger partial charge in [0.25, 0.3) is 0 Å². The molecule has 1 amide bonds. The molecular formula is C11H20N4OS. The average molecular weight is 256 g/mol. The van der Waals surface area contributed by atoms with Crippen molar-refractivity contribution in [3.8, 4) is 0 Å². The van der Waals surface area contributed by atoms with Gasteiger partial charge in [0.05, 0.1) is 0 Å². The van der Waals surface area contributed by atoms with Crippen molar-refractivity contribution in [2.24, 2.45) is 0 Å². The van der Waals surface area contributed by atoms with Crippen LogP contribution in [0.2, 0.25) is 0 Å². The quantitative estimate of drug-likeness (QED) is 0.874. The van der Waals surface area contributed by atoms with Gasteiger partial charge in [-0.2, -0.15) is 4.37 Å². The van der Waals surface area contributed by atoms with E-state index in [9.17, 15) is 4.79 Å². The van der Waals surface area contributed by atoms with Gasteiger partial charge < -0.3 is 10.2 Å². The molecular weight excluding hydrogens is 236 g/mol. The van der Waals surface area contributed by atoms with Gasteiger partial charge in [0.2, 0.25) is 11.0 Å². The van der Waals surface area contributed by atoms with E-state index in [1.54, 1.807) is 11.9 Å². The van der Waals surface area contributed by atoms with E-state index in [-0.39, 0.29) is 11.9 Å². The number of rotatable bonds is 5. The molecule has 96 valence electrons. The van der Waals surface area contributed by atoms with Gasteiger partial charge in [0, 0.05) is 31.0 Å². The van der Waals surface area contributed by atoms with E-state index in [1.165, 1.54) is 11.5 Å². The molecule has 0 saturated carbocycles. The SMILES string of the molecule is CCN(C)C(=O)C(C)Nc1nc(C(C)C)ns1. The first-order chi connectivity index (χ1) is 7.95. The first kappa shape index (κ1) is 13.9. The Hall–Kier alpha value is -1.17. The topological polar surface area (TPSA) is 58.1 Å². The molecule has 1 atom stereocenters. The second-order valence-electron chi connectivity index (χ2n) is 4.33. The van der Waals surface area contributed by atoms with E-state index in [0.29, 0.717) is 17.6 Å². The number of hydrogen-bond acceptors (Lipinski definition) is 5. The number of nitrogens with zero attached hydrogens (tertiary/aromatic N) is 3. The van der Waals surface area contributed by atoms with Crippen molar-refractivity contribution < 1.29 is 4.79 Å². The number of likely N-dealkylation sites (N-methyl/N-ethyl adjacent to an activating group) is 1. The van der Waals surface area contributed by atoms with Gasteiger partial charge in [-0.3, -0.25) is 4.79 Å². The highest BCUT2D eigenvalue weighted by Crippen LogP contribution is 2.18. The van der Waals surface area contributed by atoms with E-state index in [0.717, 1.165) is 5.82 Å². The normalized spacial score (nSPS) is 12.6. The van der Waals surface area contributed by atoms with Crippen LogP contribution in [0.25, 0.3) is 0 Å². The smallest absolute Gasteiger partial charge is 0.244 e. The van der Waals surface area contributed by atoms with E-state index < -0.39 is 0 Å². The van der Waals surface area contributed by atoms with Crippen LogP contribution in [-0.4, -0.2) is 39.8 Å². The summed E-state index contributed by atoms with van der Waals surface area (Å²) in [7, 11) is 1.79. The second kappa shape index (κ2) is 5.95. The van der Waals surface area contributed by atoms with Gasteiger partial charge >= 0.3 is 0 Å². The van der Waals surface area contributed by atoms with Gasteiger partial charge in [-0.25, -0.2) is 4.98 Å². The Morgan fingerprint density at radius 2 is 2.12 bits per heavy atom. The summed E-state index contributed by atoms with van der Waals surface area (Å²) in [6.45, 7) is 8.59. The van der Waals surface area contributed by atoms with Gasteiger partial charge in [0.1, 0.15) is 11.9 Å². The number of nitrogens with one attached hydrogen (secondary N) is 1. The summed E-state index contributed by atoms with van der Waals surface area (Å²) in [6, 6.07) is -0.270. The highest BCUT2D eigenvalue weighted by atomic mass is 32.1. The van der Waals surface area contributed by atoms with Crippen molar-refractivity contribution in [1.29, 1.82) is 0 Å². The Morgan fingerprint density at radius 1 is 1.47 bits per heavy atom. The predicted octanol–water partition coefficient (Wildman–Crippen LogP) is 1.94. The second-order valence-corrected chi connectivity index (χ2v) is 5.08. The van der Waals surface area contributed by atoms with E-state index in [1.807, 2.05) is 27.7 Å². The van der Waals surface area contributed by atoms with Crippen molar-refractivity contribution in [2.75, 3.05) is 18.9 Å². The standard InChI is InChI=1S/C11H20N4OS/c1-6-15(5)10(16)8(4)12-11-13-9(7(2)3)14-17-11/h7-8H,6H2,1-5H3,(H,12,13,14). The lowest BCUT2D eigenvalue weighted by molar-refractivity contribution is -0.130. The molecule has 17 heavy (non-hydrogen) atoms. The maximum atomic E-state index is 11.8. The highest BCUT2D eigenvalue weighted by Gasteiger charge is 2.18. The molecule has 1 heterocycles. The number of carbonyl (C=O) groups is 1. The summed E-state index contributed by atoms with van der Waals surface area (Å²) < 4.78 is 4.24. The van der Waals surface area contributed by atoms with Crippen molar-refractivity contribution in [3.63, 3.8) is 0 Å². The molecule has 0 aliphatic rings. The number of carbonyl (C=O) groups excluding carboxylic acids is 1. The van der Waals surface area contributed by atoms with Gasteiger partial charge in [-0.1, -0.05) is 13.8 Å². The van der Waals surface area contributed by atoms with Crippen LogP contribution in [0.1, 0.15) is 39.4 Å². The molecule has 0 radical (unpaired) electrons. The van der Waals surface area contributed by atoms with Crippen molar-refractivity contribution >= 4 is 22.6 Å². The minimum Gasteiger partial charge on any atom is -0.349 e. The van der Waals surface area contributed by atoms with E-state index >= 15 is 0 Å². The van der Waals surface area contributed by atoms with Crippen LogP contribution in [0.15, 0.2) is 0 Å². The molecule has 0 aromatic carbocycles. The molecule has 1 N–H and O–H groups in total. The number of anilines is 1. The minimum atomic E-state index is -0.270. The summed E-state index contributed by atoms with van der Waals surface area (Å²) in [5, 5.41) is 3.79. The lowest BCUT2D eigenvalue weighted by Gasteiger charge is -2.19. The summed E-state index contributed by atoms with van der Waals surface area (Å²) in [6.07, 6.45) is 0. The maximum Gasteiger partial charge on any atom is 0.244 e. The van der Waals surface area contributed by atoms with Crippen LogP contribution in [0.5, 0.6) is 0 Å². The minimum absolute atomic E-state index is 0.0637. The zero-order valence-electron chi connectivity index (χ0n) is 11.0. The Labute approximate surface area is 106 Å². The third-order valence-electron chi connectivity index (χ3n) is 2.52. The van der Waals surface area contributed by atoms with Gasteiger partial charge in [-0.05, 0) is 13.8 Å². The third kappa shape index (κ3) is 3.66. The van der Waals surface area contributed by atoms with Gasteiger partial charge in [-0.15, -0.1) is 0 Å². The fourth-order valence-corrected chi connectivity index (χ4v) is 2.06. The molecule has 5 nitrogen and oxygen atoms in total.